The lowest BCUT2D eigenvalue weighted by atomic mass is 9.96. The third-order valence-corrected chi connectivity index (χ3v) is 5.62. The third kappa shape index (κ3) is 3.32. The summed E-state index contributed by atoms with van der Waals surface area (Å²) in [6.45, 7) is -0.436. The summed E-state index contributed by atoms with van der Waals surface area (Å²) >= 11 is 0. The lowest BCUT2D eigenvalue weighted by Gasteiger charge is -2.18. The van der Waals surface area contributed by atoms with Gasteiger partial charge in [-0.25, -0.2) is 12.8 Å². The predicted molar refractivity (Wildman–Crippen MR) is 70.6 cm³/mol. The largest absolute Gasteiger partial charge is 0.481 e. The quantitative estimate of drug-likeness (QED) is 0.842. The first-order chi connectivity index (χ1) is 10.4. The number of sulfonamides is 1. The summed E-state index contributed by atoms with van der Waals surface area (Å²) in [5, 5.41) is 8.91. The van der Waals surface area contributed by atoms with Crippen LogP contribution in [0.5, 0.6) is 0 Å². The average molecular weight is 355 g/mol. The van der Waals surface area contributed by atoms with Crippen molar-refractivity contribution in [3.8, 4) is 0 Å². The fourth-order valence-electron chi connectivity index (χ4n) is 2.47. The monoisotopic (exact) mass is 355 g/mol. The lowest BCUT2D eigenvalue weighted by Crippen LogP contribution is -2.34. The van der Waals surface area contributed by atoms with Crippen molar-refractivity contribution < 1.29 is 35.9 Å². The van der Waals surface area contributed by atoms with E-state index in [9.17, 15) is 30.8 Å². The van der Waals surface area contributed by atoms with Crippen molar-refractivity contribution >= 4 is 16.0 Å². The van der Waals surface area contributed by atoms with Gasteiger partial charge in [0, 0.05) is 13.1 Å². The van der Waals surface area contributed by atoms with E-state index in [1.54, 1.807) is 0 Å². The van der Waals surface area contributed by atoms with E-state index < -0.39 is 52.9 Å². The molecule has 1 heterocycles. The molecule has 10 heteroatoms. The maximum absolute atomic E-state index is 13.2. The van der Waals surface area contributed by atoms with E-state index in [0.717, 1.165) is 18.2 Å². The first-order valence-corrected chi connectivity index (χ1v) is 7.94. The van der Waals surface area contributed by atoms with Crippen molar-refractivity contribution in [2.24, 2.45) is 11.8 Å². The van der Waals surface area contributed by atoms with Crippen LogP contribution in [0.3, 0.4) is 0 Å². The molecule has 0 aromatic heterocycles. The minimum atomic E-state index is -4.83. The third-order valence-electron chi connectivity index (χ3n) is 3.79. The van der Waals surface area contributed by atoms with Crippen LogP contribution >= 0.6 is 0 Å². The first-order valence-electron chi connectivity index (χ1n) is 6.50. The van der Waals surface area contributed by atoms with Crippen LogP contribution in [-0.4, -0.2) is 43.1 Å². The molecule has 0 saturated carbocycles. The van der Waals surface area contributed by atoms with E-state index in [1.807, 2.05) is 0 Å². The number of carboxylic acid groups (broad SMARTS) is 1. The maximum Gasteiger partial charge on any atom is 0.393 e. The fourth-order valence-corrected chi connectivity index (χ4v) is 4.05. The molecule has 2 rings (SSSR count). The van der Waals surface area contributed by atoms with Gasteiger partial charge in [0.15, 0.2) is 0 Å². The molecule has 1 aliphatic rings. The second-order valence-corrected chi connectivity index (χ2v) is 7.26. The average Bonchev–Trinajstić information content (AvgIpc) is 2.87. The predicted octanol–water partition coefficient (Wildman–Crippen LogP) is 2.02. The minimum Gasteiger partial charge on any atom is -0.481 e. The van der Waals surface area contributed by atoms with Gasteiger partial charge in [0.1, 0.15) is 5.82 Å². The zero-order chi connectivity index (χ0) is 17.6. The summed E-state index contributed by atoms with van der Waals surface area (Å²) in [6.07, 6.45) is -4.83. The van der Waals surface area contributed by atoms with Crippen molar-refractivity contribution in [3.63, 3.8) is 0 Å². The van der Waals surface area contributed by atoms with Gasteiger partial charge in [-0.05, 0) is 30.7 Å². The van der Waals surface area contributed by atoms with Crippen LogP contribution in [0.25, 0.3) is 0 Å². The van der Waals surface area contributed by atoms with Crippen molar-refractivity contribution in [3.05, 3.63) is 29.6 Å². The van der Waals surface area contributed by atoms with Crippen LogP contribution in [0.1, 0.15) is 5.56 Å². The van der Waals surface area contributed by atoms with Crippen molar-refractivity contribution in [1.29, 1.82) is 0 Å². The van der Waals surface area contributed by atoms with Crippen LogP contribution in [0.4, 0.5) is 17.6 Å². The minimum absolute atomic E-state index is 0.0208. The number of nitrogens with zero attached hydrogens (tertiary/aromatic N) is 1. The Bertz CT molecular complexity index is 732. The molecule has 1 aliphatic heterocycles. The van der Waals surface area contributed by atoms with E-state index >= 15 is 0 Å². The molecule has 128 valence electrons. The SMILES string of the molecule is Cc1cc(S(=O)(=O)N2C[C@@H](C(F)(F)F)[C@H](C(=O)O)C2)ccc1F. The van der Waals surface area contributed by atoms with Gasteiger partial charge in [-0.3, -0.25) is 4.79 Å². The highest BCUT2D eigenvalue weighted by Gasteiger charge is 2.54. The van der Waals surface area contributed by atoms with Gasteiger partial charge in [-0.2, -0.15) is 17.5 Å². The highest BCUT2D eigenvalue weighted by atomic mass is 32.2. The number of carboxylic acids is 1. The standard InChI is InChI=1S/C13H13F4NO4S/c1-7-4-8(2-3-11(7)14)23(21,22)18-5-9(12(19)20)10(6-18)13(15,16)17/h2-4,9-10H,5-6H2,1H3,(H,19,20)/t9-,10-/m1/s1. The van der Waals surface area contributed by atoms with Crippen molar-refractivity contribution in [2.75, 3.05) is 13.1 Å². The highest BCUT2D eigenvalue weighted by molar-refractivity contribution is 7.89. The zero-order valence-electron chi connectivity index (χ0n) is 11.8. The number of aliphatic carboxylic acids is 1. The van der Waals surface area contributed by atoms with Crippen LogP contribution in [-0.2, 0) is 14.8 Å². The number of alkyl halides is 3. The molecule has 2 atom stereocenters. The molecule has 1 fully saturated rings. The number of halogens is 4. The van der Waals surface area contributed by atoms with E-state index in [1.165, 1.54) is 6.92 Å². The van der Waals surface area contributed by atoms with Gasteiger partial charge in [0.2, 0.25) is 10.0 Å². The smallest absolute Gasteiger partial charge is 0.393 e. The molecule has 0 bridgehead atoms. The molecular formula is C13H13F4NO4S. The molecule has 1 saturated heterocycles. The van der Waals surface area contributed by atoms with Crippen molar-refractivity contribution in [1.82, 2.24) is 4.31 Å². The number of aryl methyl sites for hydroxylation is 1. The van der Waals surface area contributed by atoms with E-state index in [-0.39, 0.29) is 10.5 Å². The highest BCUT2D eigenvalue weighted by Crippen LogP contribution is 2.39. The molecule has 23 heavy (non-hydrogen) atoms. The van der Waals surface area contributed by atoms with Gasteiger partial charge < -0.3 is 5.11 Å². The summed E-state index contributed by atoms with van der Waals surface area (Å²) in [4.78, 5) is 10.6. The Kier molecular flexibility index (Phi) is 4.42. The van der Waals surface area contributed by atoms with Gasteiger partial charge >= 0.3 is 12.1 Å². The Morgan fingerprint density at radius 1 is 1.30 bits per heavy atom. The molecule has 0 radical (unpaired) electrons. The Morgan fingerprint density at radius 3 is 2.35 bits per heavy atom. The molecular weight excluding hydrogens is 342 g/mol. The maximum atomic E-state index is 13.2. The Hall–Kier alpha value is -1.68. The van der Waals surface area contributed by atoms with Crippen LogP contribution in [0.2, 0.25) is 0 Å². The Balaban J connectivity index is 2.38. The lowest BCUT2D eigenvalue weighted by molar-refractivity contribution is -0.187. The summed E-state index contributed by atoms with van der Waals surface area (Å²) in [7, 11) is -4.33. The second kappa shape index (κ2) is 5.75. The van der Waals surface area contributed by atoms with Gasteiger partial charge in [-0.15, -0.1) is 0 Å². The number of benzene rings is 1. The van der Waals surface area contributed by atoms with Crippen molar-refractivity contribution in [2.45, 2.75) is 18.0 Å². The normalized spacial score (nSPS) is 23.2. The summed E-state index contributed by atoms with van der Waals surface area (Å²) in [5.41, 5.74) is 0.0208. The fraction of sp³-hybridized carbons (Fsp3) is 0.462. The molecule has 5 nitrogen and oxygen atoms in total. The number of hydrogen-bond donors (Lipinski definition) is 1. The van der Waals surface area contributed by atoms with E-state index in [4.69, 9.17) is 5.11 Å². The van der Waals surface area contributed by atoms with Gasteiger partial charge in [0.05, 0.1) is 16.7 Å². The Morgan fingerprint density at radius 2 is 1.91 bits per heavy atom. The van der Waals surface area contributed by atoms with Gasteiger partial charge in [-0.1, -0.05) is 0 Å². The number of rotatable bonds is 3. The molecule has 1 aromatic carbocycles. The van der Waals surface area contributed by atoms with Crippen LogP contribution < -0.4 is 0 Å². The summed E-state index contributed by atoms with van der Waals surface area (Å²) in [5.74, 6) is -6.51. The molecule has 0 unspecified atom stereocenters. The first kappa shape index (κ1) is 17.7. The van der Waals surface area contributed by atoms with Crippen LogP contribution in [0.15, 0.2) is 23.1 Å². The number of hydrogen-bond acceptors (Lipinski definition) is 3. The topological polar surface area (TPSA) is 74.7 Å². The molecule has 1 aromatic rings. The molecule has 0 spiro atoms. The molecule has 0 aliphatic carbocycles. The summed E-state index contributed by atoms with van der Waals surface area (Å²) < 4.78 is 77.2. The number of carbonyl (C=O) groups is 1. The Labute approximate surface area is 129 Å². The second-order valence-electron chi connectivity index (χ2n) is 5.33. The molecule has 1 N–H and O–H groups in total. The van der Waals surface area contributed by atoms with Gasteiger partial charge in [0.25, 0.3) is 0 Å². The van der Waals surface area contributed by atoms with E-state index in [0.29, 0.717) is 4.31 Å². The van der Waals surface area contributed by atoms with Crippen LogP contribution in [0, 0.1) is 24.6 Å². The zero-order valence-corrected chi connectivity index (χ0v) is 12.7. The summed E-state index contributed by atoms with van der Waals surface area (Å²) in [6, 6.07) is 2.84. The molecule has 0 amide bonds. The van der Waals surface area contributed by atoms with E-state index in [2.05, 4.69) is 0 Å².